The van der Waals surface area contributed by atoms with Crippen LogP contribution in [-0.2, 0) is 16.1 Å². The first-order chi connectivity index (χ1) is 8.33. The number of carboxylic acid groups (broad SMARTS) is 1. The van der Waals surface area contributed by atoms with Gasteiger partial charge in [0.05, 0.1) is 5.41 Å². The molecule has 2 N–H and O–H groups in total. The maximum absolute atomic E-state index is 13.3. The summed E-state index contributed by atoms with van der Waals surface area (Å²) < 4.78 is 13.3. The third-order valence-corrected chi connectivity index (χ3v) is 2.62. The second-order valence-corrected chi connectivity index (χ2v) is 4.73. The zero-order valence-corrected chi connectivity index (χ0v) is 10.4. The number of aliphatic carboxylic acids is 1. The Bertz CT molecular complexity index is 457. The SMILES string of the molecule is CC(C)(CC(=O)NCc1ccccc1F)C(=O)O. The van der Waals surface area contributed by atoms with Crippen LogP contribution in [0, 0.1) is 11.2 Å². The molecule has 98 valence electrons. The van der Waals surface area contributed by atoms with E-state index in [0.29, 0.717) is 5.56 Å². The van der Waals surface area contributed by atoms with Crippen molar-refractivity contribution in [3.63, 3.8) is 0 Å². The second-order valence-electron chi connectivity index (χ2n) is 4.73. The van der Waals surface area contributed by atoms with Crippen LogP contribution in [-0.4, -0.2) is 17.0 Å². The lowest BCUT2D eigenvalue weighted by molar-refractivity contribution is -0.149. The first-order valence-corrected chi connectivity index (χ1v) is 5.56. The van der Waals surface area contributed by atoms with E-state index in [4.69, 9.17) is 5.11 Å². The van der Waals surface area contributed by atoms with Gasteiger partial charge >= 0.3 is 5.97 Å². The zero-order valence-electron chi connectivity index (χ0n) is 10.4. The Kier molecular flexibility index (Phi) is 4.42. The lowest BCUT2D eigenvalue weighted by Gasteiger charge is -2.18. The largest absolute Gasteiger partial charge is 0.481 e. The molecule has 0 aliphatic rings. The summed E-state index contributed by atoms with van der Waals surface area (Å²) in [6.45, 7) is 3.00. The summed E-state index contributed by atoms with van der Waals surface area (Å²) in [7, 11) is 0. The van der Waals surface area contributed by atoms with Gasteiger partial charge in [-0.1, -0.05) is 18.2 Å². The molecular formula is C13H16FNO3. The smallest absolute Gasteiger partial charge is 0.309 e. The van der Waals surface area contributed by atoms with Crippen molar-refractivity contribution >= 4 is 11.9 Å². The molecule has 0 aromatic heterocycles. The van der Waals surface area contributed by atoms with Crippen molar-refractivity contribution in [1.29, 1.82) is 0 Å². The van der Waals surface area contributed by atoms with Crippen molar-refractivity contribution in [3.05, 3.63) is 35.6 Å². The number of nitrogens with one attached hydrogen (secondary N) is 1. The molecule has 0 unspecified atom stereocenters. The van der Waals surface area contributed by atoms with E-state index in [0.717, 1.165) is 0 Å². The molecule has 0 fully saturated rings. The topological polar surface area (TPSA) is 66.4 Å². The Labute approximate surface area is 105 Å². The molecule has 0 spiro atoms. The summed E-state index contributed by atoms with van der Waals surface area (Å²) in [5, 5.41) is 11.4. The van der Waals surface area contributed by atoms with E-state index in [9.17, 15) is 14.0 Å². The third kappa shape index (κ3) is 3.84. The first kappa shape index (κ1) is 14.2. The molecule has 1 aromatic carbocycles. The van der Waals surface area contributed by atoms with E-state index in [1.54, 1.807) is 18.2 Å². The van der Waals surface area contributed by atoms with Gasteiger partial charge in [-0.05, 0) is 19.9 Å². The fourth-order valence-electron chi connectivity index (χ4n) is 1.38. The number of carboxylic acids is 1. The molecule has 1 amide bonds. The summed E-state index contributed by atoms with van der Waals surface area (Å²) in [6, 6.07) is 6.11. The summed E-state index contributed by atoms with van der Waals surface area (Å²) in [5.41, 5.74) is -0.752. The van der Waals surface area contributed by atoms with Crippen molar-refractivity contribution in [2.45, 2.75) is 26.8 Å². The maximum Gasteiger partial charge on any atom is 0.309 e. The maximum atomic E-state index is 13.3. The molecule has 5 heteroatoms. The van der Waals surface area contributed by atoms with Gasteiger partial charge in [-0.2, -0.15) is 0 Å². The number of halogens is 1. The molecule has 0 aliphatic carbocycles. The fraction of sp³-hybridized carbons (Fsp3) is 0.385. The van der Waals surface area contributed by atoms with Crippen LogP contribution in [0.4, 0.5) is 4.39 Å². The molecule has 0 atom stereocenters. The standard InChI is InChI=1S/C13H16FNO3/c1-13(2,12(17)18)7-11(16)15-8-9-5-3-4-6-10(9)14/h3-6H,7-8H2,1-2H3,(H,15,16)(H,17,18). The summed E-state index contributed by atoms with van der Waals surface area (Å²) in [5.74, 6) is -1.84. The molecule has 0 saturated heterocycles. The number of amides is 1. The van der Waals surface area contributed by atoms with Crippen LogP contribution >= 0.6 is 0 Å². The molecule has 0 aliphatic heterocycles. The van der Waals surface area contributed by atoms with Crippen LogP contribution in [0.2, 0.25) is 0 Å². The molecule has 0 radical (unpaired) electrons. The van der Waals surface area contributed by atoms with Crippen molar-refractivity contribution < 1.29 is 19.1 Å². The van der Waals surface area contributed by atoms with Gasteiger partial charge in [0, 0.05) is 18.5 Å². The number of carbonyl (C=O) groups is 2. The molecule has 0 heterocycles. The van der Waals surface area contributed by atoms with Crippen LogP contribution in [0.5, 0.6) is 0 Å². The van der Waals surface area contributed by atoms with Gasteiger partial charge in [0.1, 0.15) is 5.82 Å². The molecular weight excluding hydrogens is 237 g/mol. The number of carbonyl (C=O) groups excluding carboxylic acids is 1. The van der Waals surface area contributed by atoms with E-state index in [1.807, 2.05) is 0 Å². The highest BCUT2D eigenvalue weighted by Gasteiger charge is 2.29. The van der Waals surface area contributed by atoms with Gasteiger partial charge in [-0.25, -0.2) is 4.39 Å². The molecule has 0 bridgehead atoms. The predicted molar refractivity (Wildman–Crippen MR) is 64.3 cm³/mol. The van der Waals surface area contributed by atoms with Gasteiger partial charge < -0.3 is 10.4 Å². The highest BCUT2D eigenvalue weighted by molar-refractivity contribution is 5.84. The van der Waals surface area contributed by atoms with Gasteiger partial charge in [0.2, 0.25) is 5.91 Å². The average Bonchev–Trinajstić information content (AvgIpc) is 2.27. The van der Waals surface area contributed by atoms with Crippen LogP contribution < -0.4 is 5.32 Å². The van der Waals surface area contributed by atoms with Crippen molar-refractivity contribution in [3.8, 4) is 0 Å². The highest BCUT2D eigenvalue weighted by Crippen LogP contribution is 2.20. The van der Waals surface area contributed by atoms with Gasteiger partial charge in [0.25, 0.3) is 0 Å². The quantitative estimate of drug-likeness (QED) is 0.842. The van der Waals surface area contributed by atoms with Crippen LogP contribution in [0.15, 0.2) is 24.3 Å². The van der Waals surface area contributed by atoms with Gasteiger partial charge in [-0.3, -0.25) is 9.59 Å². The molecule has 1 aromatic rings. The predicted octanol–water partition coefficient (Wildman–Crippen LogP) is 1.94. The van der Waals surface area contributed by atoms with E-state index in [-0.39, 0.29) is 13.0 Å². The highest BCUT2D eigenvalue weighted by atomic mass is 19.1. The fourth-order valence-corrected chi connectivity index (χ4v) is 1.38. The minimum absolute atomic E-state index is 0.0568. The molecule has 18 heavy (non-hydrogen) atoms. The Morgan fingerprint density at radius 2 is 1.94 bits per heavy atom. The summed E-state index contributed by atoms with van der Waals surface area (Å²) in [4.78, 5) is 22.4. The average molecular weight is 253 g/mol. The minimum Gasteiger partial charge on any atom is -0.481 e. The van der Waals surface area contributed by atoms with Crippen molar-refractivity contribution in [1.82, 2.24) is 5.32 Å². The van der Waals surface area contributed by atoms with Gasteiger partial charge in [-0.15, -0.1) is 0 Å². The lowest BCUT2D eigenvalue weighted by Crippen LogP contribution is -2.33. The Balaban J connectivity index is 2.53. The Morgan fingerprint density at radius 3 is 2.50 bits per heavy atom. The van der Waals surface area contributed by atoms with Crippen LogP contribution in [0.25, 0.3) is 0 Å². The third-order valence-electron chi connectivity index (χ3n) is 2.62. The summed E-state index contributed by atoms with van der Waals surface area (Å²) >= 11 is 0. The van der Waals surface area contributed by atoms with Crippen LogP contribution in [0.1, 0.15) is 25.8 Å². The Morgan fingerprint density at radius 1 is 1.33 bits per heavy atom. The number of hydrogen-bond donors (Lipinski definition) is 2. The normalized spacial score (nSPS) is 11.1. The lowest BCUT2D eigenvalue weighted by atomic mass is 9.89. The van der Waals surface area contributed by atoms with Gasteiger partial charge in [0.15, 0.2) is 0 Å². The van der Waals surface area contributed by atoms with Crippen molar-refractivity contribution in [2.75, 3.05) is 0 Å². The second kappa shape index (κ2) is 5.62. The number of rotatable bonds is 5. The minimum atomic E-state index is -1.13. The first-order valence-electron chi connectivity index (χ1n) is 5.56. The monoisotopic (exact) mass is 253 g/mol. The van der Waals surface area contributed by atoms with E-state index in [2.05, 4.69) is 5.32 Å². The zero-order chi connectivity index (χ0) is 13.8. The van der Waals surface area contributed by atoms with E-state index < -0.39 is 23.1 Å². The summed E-state index contributed by atoms with van der Waals surface area (Å²) in [6.07, 6.45) is -0.142. The molecule has 4 nitrogen and oxygen atoms in total. The molecule has 1 rings (SSSR count). The van der Waals surface area contributed by atoms with E-state index in [1.165, 1.54) is 19.9 Å². The van der Waals surface area contributed by atoms with Crippen molar-refractivity contribution in [2.24, 2.45) is 5.41 Å². The van der Waals surface area contributed by atoms with E-state index >= 15 is 0 Å². The van der Waals surface area contributed by atoms with Crippen LogP contribution in [0.3, 0.4) is 0 Å². The number of hydrogen-bond acceptors (Lipinski definition) is 2. The Hall–Kier alpha value is -1.91. The number of benzene rings is 1. The molecule has 0 saturated carbocycles.